The van der Waals surface area contributed by atoms with Crippen LogP contribution in [0, 0.1) is 19.8 Å². The smallest absolute Gasteiger partial charge is 0.252 e. The Kier molecular flexibility index (Phi) is 6.96. The van der Waals surface area contributed by atoms with Gasteiger partial charge >= 0.3 is 0 Å². The number of nitrogens with one attached hydrogen (secondary N) is 1. The van der Waals surface area contributed by atoms with Crippen LogP contribution >= 0.6 is 0 Å². The maximum Gasteiger partial charge on any atom is 0.252 e. The second-order valence-corrected chi connectivity index (χ2v) is 9.88. The number of fused-ring (bicyclic) bond motifs is 1. The largest absolute Gasteiger partial charge is 0.467 e. The highest BCUT2D eigenvalue weighted by Crippen LogP contribution is 2.30. The molecule has 1 N–H and O–H groups in total. The van der Waals surface area contributed by atoms with E-state index in [0.29, 0.717) is 25.2 Å². The first-order valence-electron chi connectivity index (χ1n) is 12.4. The summed E-state index contributed by atoms with van der Waals surface area (Å²) in [6, 6.07) is 13.7. The summed E-state index contributed by atoms with van der Waals surface area (Å²) in [7, 11) is 0. The van der Waals surface area contributed by atoms with Crippen molar-refractivity contribution in [2.45, 2.75) is 53.4 Å². The van der Waals surface area contributed by atoms with Gasteiger partial charge in [-0.05, 0) is 88.7 Å². The lowest BCUT2D eigenvalue weighted by Crippen LogP contribution is -2.35. The second kappa shape index (κ2) is 10.5. The number of aromatic nitrogens is 6. The molecule has 4 heterocycles. The highest BCUT2D eigenvalue weighted by molar-refractivity contribution is 5.80. The average molecular weight is 498 g/mol. The predicted molar refractivity (Wildman–Crippen MR) is 141 cm³/mol. The Bertz CT molecular complexity index is 1540. The van der Waals surface area contributed by atoms with Crippen molar-refractivity contribution < 1.29 is 4.42 Å². The van der Waals surface area contributed by atoms with Gasteiger partial charge in [0.05, 0.1) is 12.3 Å². The van der Waals surface area contributed by atoms with Crippen LogP contribution in [0.5, 0.6) is 0 Å². The molecular weight excluding hydrogens is 466 g/mol. The van der Waals surface area contributed by atoms with Crippen LogP contribution in [0.25, 0.3) is 10.9 Å². The number of hydrogen-bond donors (Lipinski definition) is 1. The summed E-state index contributed by atoms with van der Waals surface area (Å²) in [5.41, 5.74) is 4.83. The minimum absolute atomic E-state index is 0.0929. The van der Waals surface area contributed by atoms with Crippen molar-refractivity contribution >= 4 is 10.9 Å². The summed E-state index contributed by atoms with van der Waals surface area (Å²) in [5.74, 6) is 1.65. The van der Waals surface area contributed by atoms with Gasteiger partial charge in [0.25, 0.3) is 5.56 Å². The highest BCUT2D eigenvalue weighted by Gasteiger charge is 2.30. The molecule has 1 atom stereocenters. The highest BCUT2D eigenvalue weighted by atomic mass is 16.3. The molecular formula is C28H31N7O2. The number of benzene rings is 1. The molecule has 9 nitrogen and oxygen atoms in total. The first-order chi connectivity index (χ1) is 17.9. The van der Waals surface area contributed by atoms with Gasteiger partial charge in [-0.25, -0.2) is 4.68 Å². The van der Waals surface area contributed by atoms with Crippen LogP contribution < -0.4 is 5.56 Å². The lowest BCUT2D eigenvalue weighted by atomic mass is 9.99. The number of pyridine rings is 2. The van der Waals surface area contributed by atoms with Crippen LogP contribution in [-0.2, 0) is 19.6 Å². The van der Waals surface area contributed by atoms with Crippen molar-refractivity contribution in [3.05, 3.63) is 105 Å². The number of hydrogen-bond acceptors (Lipinski definition) is 7. The van der Waals surface area contributed by atoms with Crippen LogP contribution in [-0.4, -0.2) is 35.1 Å². The Morgan fingerprint density at radius 1 is 1.08 bits per heavy atom. The molecule has 0 fully saturated rings. The molecule has 37 heavy (non-hydrogen) atoms. The number of tetrazole rings is 1. The molecule has 0 saturated heterocycles. The van der Waals surface area contributed by atoms with Crippen LogP contribution in [0.15, 0.2) is 70.3 Å². The molecule has 0 saturated carbocycles. The number of furan rings is 1. The van der Waals surface area contributed by atoms with Gasteiger partial charge in [0.2, 0.25) is 0 Å². The zero-order valence-corrected chi connectivity index (χ0v) is 21.5. The quantitative estimate of drug-likeness (QED) is 0.318. The molecule has 9 heteroatoms. The normalized spacial score (nSPS) is 12.6. The second-order valence-electron chi connectivity index (χ2n) is 9.88. The van der Waals surface area contributed by atoms with Crippen LogP contribution in [0.1, 0.15) is 53.7 Å². The Morgan fingerprint density at radius 2 is 1.92 bits per heavy atom. The van der Waals surface area contributed by atoms with Gasteiger partial charge in [0.1, 0.15) is 12.3 Å². The minimum Gasteiger partial charge on any atom is -0.467 e. The molecule has 0 bridgehead atoms. The van der Waals surface area contributed by atoms with Gasteiger partial charge < -0.3 is 9.40 Å². The van der Waals surface area contributed by atoms with Crippen LogP contribution in [0.3, 0.4) is 0 Å². The van der Waals surface area contributed by atoms with Crippen molar-refractivity contribution in [3.63, 3.8) is 0 Å². The molecule has 4 aromatic heterocycles. The van der Waals surface area contributed by atoms with Gasteiger partial charge in [0, 0.05) is 36.6 Å². The first-order valence-corrected chi connectivity index (χ1v) is 12.4. The standard InChI is InChI=1S/C28H31N7O2/c1-18(2)26(27-31-32-33-35(27)17-24-8-6-10-37-24)34(15-21-7-5-9-29-14-21)16-23-13-22-11-19(3)20(4)12-25(22)30-28(23)36/h5-14,18,26H,15-17H2,1-4H3,(H,30,36)/t26-/m0/s1. The molecule has 1 aromatic carbocycles. The summed E-state index contributed by atoms with van der Waals surface area (Å²) in [4.78, 5) is 22.9. The van der Waals surface area contributed by atoms with E-state index in [-0.39, 0.29) is 17.5 Å². The van der Waals surface area contributed by atoms with E-state index >= 15 is 0 Å². The van der Waals surface area contributed by atoms with Crippen molar-refractivity contribution in [3.8, 4) is 0 Å². The Morgan fingerprint density at radius 3 is 2.65 bits per heavy atom. The van der Waals surface area contributed by atoms with Gasteiger partial charge in [-0.1, -0.05) is 19.9 Å². The Balaban J connectivity index is 1.56. The summed E-state index contributed by atoms with van der Waals surface area (Å²) in [6.45, 7) is 9.85. The van der Waals surface area contributed by atoms with E-state index in [2.05, 4.69) is 64.2 Å². The molecule has 0 amide bonds. The van der Waals surface area contributed by atoms with E-state index < -0.39 is 0 Å². The van der Waals surface area contributed by atoms with E-state index in [1.54, 1.807) is 17.1 Å². The molecule has 0 unspecified atom stereocenters. The van der Waals surface area contributed by atoms with Crippen molar-refractivity contribution in [2.24, 2.45) is 5.92 Å². The number of nitrogens with zero attached hydrogens (tertiary/aromatic N) is 6. The molecule has 0 aliphatic heterocycles. The van der Waals surface area contributed by atoms with E-state index in [4.69, 9.17) is 4.42 Å². The first kappa shape index (κ1) is 24.6. The third kappa shape index (κ3) is 5.36. The van der Waals surface area contributed by atoms with Gasteiger partial charge in [-0.3, -0.25) is 14.7 Å². The topological polar surface area (TPSA) is 106 Å². The van der Waals surface area contributed by atoms with Gasteiger partial charge in [0.15, 0.2) is 5.82 Å². The molecule has 5 rings (SSSR count). The SMILES string of the molecule is Cc1cc2cc(CN(Cc3cccnc3)[C@H](c3nnnn3Cc3ccco3)C(C)C)c(=O)[nH]c2cc1C. The molecule has 0 aliphatic rings. The third-order valence-corrected chi connectivity index (χ3v) is 6.75. The van der Waals surface area contributed by atoms with E-state index in [1.807, 2.05) is 42.6 Å². The molecule has 5 aromatic rings. The van der Waals surface area contributed by atoms with Gasteiger partial charge in [-0.2, -0.15) is 0 Å². The Hall–Kier alpha value is -4.11. The lowest BCUT2D eigenvalue weighted by Gasteiger charge is -2.33. The maximum atomic E-state index is 13.2. The maximum absolute atomic E-state index is 13.2. The minimum atomic E-state index is -0.167. The van der Waals surface area contributed by atoms with Crippen LogP contribution in [0.4, 0.5) is 0 Å². The number of aryl methyl sites for hydroxylation is 2. The lowest BCUT2D eigenvalue weighted by molar-refractivity contribution is 0.125. The zero-order valence-electron chi connectivity index (χ0n) is 21.5. The fraction of sp³-hybridized carbons (Fsp3) is 0.321. The summed E-state index contributed by atoms with van der Waals surface area (Å²) < 4.78 is 7.32. The number of rotatable bonds is 9. The molecule has 0 spiro atoms. The average Bonchev–Trinajstić information content (AvgIpc) is 3.54. The zero-order chi connectivity index (χ0) is 25.9. The number of H-pyrrole nitrogens is 1. The fourth-order valence-corrected chi connectivity index (χ4v) is 4.81. The molecule has 190 valence electrons. The monoisotopic (exact) mass is 497 g/mol. The van der Waals surface area contributed by atoms with E-state index in [9.17, 15) is 4.79 Å². The fourth-order valence-electron chi connectivity index (χ4n) is 4.81. The number of aromatic amines is 1. The summed E-state index contributed by atoms with van der Waals surface area (Å²) in [5, 5.41) is 13.7. The molecule has 0 aliphatic carbocycles. The van der Waals surface area contributed by atoms with Gasteiger partial charge in [-0.15, -0.1) is 5.10 Å². The Labute approximate surface area is 215 Å². The van der Waals surface area contributed by atoms with Crippen LogP contribution in [0.2, 0.25) is 0 Å². The predicted octanol–water partition coefficient (Wildman–Crippen LogP) is 4.57. The van der Waals surface area contributed by atoms with Crippen molar-refractivity contribution in [1.29, 1.82) is 0 Å². The summed E-state index contributed by atoms with van der Waals surface area (Å²) in [6.07, 6.45) is 5.26. The molecule has 0 radical (unpaired) electrons. The van der Waals surface area contributed by atoms with Crippen molar-refractivity contribution in [1.82, 2.24) is 35.1 Å². The summed E-state index contributed by atoms with van der Waals surface area (Å²) >= 11 is 0. The van der Waals surface area contributed by atoms with E-state index in [0.717, 1.165) is 33.6 Å². The van der Waals surface area contributed by atoms with Crippen molar-refractivity contribution in [2.75, 3.05) is 0 Å². The van der Waals surface area contributed by atoms with E-state index in [1.165, 1.54) is 5.56 Å². The third-order valence-electron chi connectivity index (χ3n) is 6.75.